The number of nitrogens with one attached hydrogen (secondary N) is 1. The summed E-state index contributed by atoms with van der Waals surface area (Å²) in [6.07, 6.45) is -1.41. The number of aromatic nitrogens is 2. The van der Waals surface area contributed by atoms with Crippen LogP contribution in [0.15, 0.2) is 66.7 Å². The summed E-state index contributed by atoms with van der Waals surface area (Å²) in [7, 11) is 0. The second kappa shape index (κ2) is 9.51. The van der Waals surface area contributed by atoms with Crippen LogP contribution in [-0.4, -0.2) is 22.6 Å². The molecule has 0 unspecified atom stereocenters. The van der Waals surface area contributed by atoms with E-state index in [0.717, 1.165) is 0 Å². The Bertz CT molecular complexity index is 1300. The van der Waals surface area contributed by atoms with E-state index >= 15 is 0 Å². The lowest BCUT2D eigenvalue weighted by molar-refractivity contribution is 0.0940. The van der Waals surface area contributed by atoms with Crippen molar-refractivity contribution in [2.24, 2.45) is 0 Å². The molecular formula is C24H18Cl2FN3O2. The number of alkyl halides is 1. The average Bonchev–Trinajstić information content (AvgIpc) is 2.77. The van der Waals surface area contributed by atoms with E-state index in [1.165, 1.54) is 0 Å². The number of carbonyl (C=O) groups is 1. The van der Waals surface area contributed by atoms with Crippen molar-refractivity contribution >= 4 is 40.0 Å². The molecule has 1 heterocycles. The Balaban J connectivity index is 1.63. The van der Waals surface area contributed by atoms with Crippen molar-refractivity contribution in [2.45, 2.75) is 13.1 Å². The van der Waals surface area contributed by atoms with Crippen LogP contribution in [0.5, 0.6) is 11.6 Å². The molecule has 3 aromatic carbocycles. The first-order chi connectivity index (χ1) is 15.4. The summed E-state index contributed by atoms with van der Waals surface area (Å²) in [4.78, 5) is 13.1. The van der Waals surface area contributed by atoms with E-state index in [1.807, 2.05) is 0 Å². The maximum Gasteiger partial charge on any atom is 0.257 e. The molecule has 162 valence electrons. The molecule has 5 nitrogen and oxygen atoms in total. The SMILES string of the molecule is Cc1cc(Cl)ccc1[C@@H](F)CNC(=O)c1c(Oc2cccc(Cl)c2)nnc2ccccc12. The van der Waals surface area contributed by atoms with Gasteiger partial charge in [0.2, 0.25) is 0 Å². The molecule has 0 bridgehead atoms. The van der Waals surface area contributed by atoms with E-state index in [-0.39, 0.29) is 18.0 Å². The van der Waals surface area contributed by atoms with Gasteiger partial charge in [-0.2, -0.15) is 0 Å². The summed E-state index contributed by atoms with van der Waals surface area (Å²) < 4.78 is 20.7. The largest absolute Gasteiger partial charge is 0.437 e. The Labute approximate surface area is 194 Å². The van der Waals surface area contributed by atoms with Crippen molar-refractivity contribution in [3.8, 4) is 11.6 Å². The molecule has 0 saturated heterocycles. The van der Waals surface area contributed by atoms with Crippen molar-refractivity contribution < 1.29 is 13.9 Å². The molecule has 0 aliphatic heterocycles. The first-order valence-electron chi connectivity index (χ1n) is 9.79. The van der Waals surface area contributed by atoms with E-state index < -0.39 is 12.1 Å². The fraction of sp³-hybridized carbons (Fsp3) is 0.125. The van der Waals surface area contributed by atoms with Gasteiger partial charge in [-0.25, -0.2) is 4.39 Å². The molecule has 0 radical (unpaired) electrons. The lowest BCUT2D eigenvalue weighted by atomic mass is 10.0. The van der Waals surface area contributed by atoms with Gasteiger partial charge < -0.3 is 10.1 Å². The number of rotatable bonds is 6. The van der Waals surface area contributed by atoms with Gasteiger partial charge in [-0.3, -0.25) is 4.79 Å². The van der Waals surface area contributed by atoms with Gasteiger partial charge in [-0.15, -0.1) is 10.2 Å². The molecule has 0 fully saturated rings. The van der Waals surface area contributed by atoms with Gasteiger partial charge in [-0.05, 0) is 54.4 Å². The predicted octanol–water partition coefficient (Wildman–Crippen LogP) is 6.48. The molecule has 1 atom stereocenters. The van der Waals surface area contributed by atoms with Crippen molar-refractivity contribution in [3.05, 3.63) is 93.5 Å². The number of fused-ring (bicyclic) bond motifs is 1. The summed E-state index contributed by atoms with van der Waals surface area (Å²) in [5.41, 5.74) is 1.85. The van der Waals surface area contributed by atoms with E-state index in [2.05, 4.69) is 15.5 Å². The van der Waals surface area contributed by atoms with Gasteiger partial charge in [0.25, 0.3) is 11.8 Å². The van der Waals surface area contributed by atoms with Crippen LogP contribution >= 0.6 is 23.2 Å². The lowest BCUT2D eigenvalue weighted by Crippen LogP contribution is -2.28. The summed E-state index contributed by atoms with van der Waals surface area (Å²) in [6, 6.07) is 18.7. The smallest absolute Gasteiger partial charge is 0.257 e. The Hall–Kier alpha value is -3.22. The number of carbonyl (C=O) groups excluding carboxylic acids is 1. The van der Waals surface area contributed by atoms with Crippen molar-refractivity contribution in [3.63, 3.8) is 0 Å². The first-order valence-corrected chi connectivity index (χ1v) is 10.5. The zero-order chi connectivity index (χ0) is 22.7. The molecule has 0 spiro atoms. The predicted molar refractivity (Wildman–Crippen MR) is 123 cm³/mol. The fourth-order valence-electron chi connectivity index (χ4n) is 3.34. The Kier molecular flexibility index (Phi) is 6.53. The minimum Gasteiger partial charge on any atom is -0.437 e. The highest BCUT2D eigenvalue weighted by Gasteiger charge is 2.22. The van der Waals surface area contributed by atoms with E-state index in [9.17, 15) is 9.18 Å². The Morgan fingerprint density at radius 3 is 2.59 bits per heavy atom. The maximum absolute atomic E-state index is 14.9. The number of hydrogen-bond donors (Lipinski definition) is 1. The molecule has 1 amide bonds. The van der Waals surface area contributed by atoms with E-state index in [4.69, 9.17) is 27.9 Å². The van der Waals surface area contributed by atoms with Crippen LogP contribution in [0.3, 0.4) is 0 Å². The van der Waals surface area contributed by atoms with Gasteiger partial charge in [0.15, 0.2) is 0 Å². The van der Waals surface area contributed by atoms with Crippen LogP contribution < -0.4 is 10.1 Å². The zero-order valence-corrected chi connectivity index (χ0v) is 18.5. The van der Waals surface area contributed by atoms with Gasteiger partial charge in [0, 0.05) is 15.4 Å². The number of amides is 1. The number of halogens is 3. The van der Waals surface area contributed by atoms with Gasteiger partial charge in [0.1, 0.15) is 17.5 Å². The molecule has 1 N–H and O–H groups in total. The maximum atomic E-state index is 14.9. The third-order valence-electron chi connectivity index (χ3n) is 4.88. The number of aryl methyl sites for hydroxylation is 1. The van der Waals surface area contributed by atoms with Crippen LogP contribution in [-0.2, 0) is 0 Å². The molecule has 0 aliphatic carbocycles. The summed E-state index contributed by atoms with van der Waals surface area (Å²) >= 11 is 12.0. The third kappa shape index (κ3) is 4.82. The van der Waals surface area contributed by atoms with E-state index in [1.54, 1.807) is 73.7 Å². The molecule has 0 aliphatic rings. The van der Waals surface area contributed by atoms with Gasteiger partial charge in [-0.1, -0.05) is 53.5 Å². The molecule has 1 aromatic heterocycles. The number of ether oxygens (including phenoxy) is 1. The van der Waals surface area contributed by atoms with E-state index in [0.29, 0.717) is 37.8 Å². The Morgan fingerprint density at radius 2 is 1.81 bits per heavy atom. The van der Waals surface area contributed by atoms with Gasteiger partial charge >= 0.3 is 0 Å². The topological polar surface area (TPSA) is 64.1 Å². The van der Waals surface area contributed by atoms with Crippen LogP contribution in [0.2, 0.25) is 10.0 Å². The highest BCUT2D eigenvalue weighted by Crippen LogP contribution is 2.30. The van der Waals surface area contributed by atoms with Gasteiger partial charge in [0.05, 0.1) is 12.1 Å². The summed E-state index contributed by atoms with van der Waals surface area (Å²) in [6.45, 7) is 1.54. The highest BCUT2D eigenvalue weighted by molar-refractivity contribution is 6.31. The second-order valence-electron chi connectivity index (χ2n) is 7.14. The average molecular weight is 470 g/mol. The molecule has 0 saturated carbocycles. The normalized spacial score (nSPS) is 11.9. The quantitative estimate of drug-likeness (QED) is 0.351. The zero-order valence-electron chi connectivity index (χ0n) is 17.0. The molecule has 8 heteroatoms. The molecule has 4 rings (SSSR count). The number of benzene rings is 3. The van der Waals surface area contributed by atoms with Crippen molar-refractivity contribution in [1.29, 1.82) is 0 Å². The van der Waals surface area contributed by atoms with Crippen LogP contribution in [0.4, 0.5) is 4.39 Å². The van der Waals surface area contributed by atoms with Crippen LogP contribution in [0.1, 0.15) is 27.7 Å². The minimum atomic E-state index is -1.41. The molecular weight excluding hydrogens is 452 g/mol. The van der Waals surface area contributed by atoms with Crippen molar-refractivity contribution in [2.75, 3.05) is 6.54 Å². The fourth-order valence-corrected chi connectivity index (χ4v) is 3.75. The second-order valence-corrected chi connectivity index (χ2v) is 8.01. The number of nitrogens with zero attached hydrogens (tertiary/aromatic N) is 2. The lowest BCUT2D eigenvalue weighted by Gasteiger charge is -2.15. The van der Waals surface area contributed by atoms with Crippen molar-refractivity contribution in [1.82, 2.24) is 15.5 Å². The van der Waals surface area contributed by atoms with Crippen LogP contribution in [0.25, 0.3) is 10.9 Å². The highest BCUT2D eigenvalue weighted by atomic mass is 35.5. The monoisotopic (exact) mass is 469 g/mol. The third-order valence-corrected chi connectivity index (χ3v) is 5.35. The minimum absolute atomic E-state index is 0.00143. The standard InChI is InChI=1S/C24H18Cl2FN3O2/c1-14-11-16(26)9-10-18(14)20(27)13-28-23(31)22-19-7-2-3-8-21(19)29-30-24(22)32-17-6-4-5-15(25)12-17/h2-12,20H,13H2,1H3,(H,28,31)/t20-/m0/s1. The molecule has 4 aromatic rings. The Morgan fingerprint density at radius 1 is 1.03 bits per heavy atom. The van der Waals surface area contributed by atoms with Crippen LogP contribution in [0, 0.1) is 6.92 Å². The summed E-state index contributed by atoms with van der Waals surface area (Å²) in [5.74, 6) is -0.125. The summed E-state index contributed by atoms with van der Waals surface area (Å²) in [5, 5.41) is 12.4. The first kappa shape index (κ1) is 22.0. The molecule has 32 heavy (non-hydrogen) atoms. The number of hydrogen-bond acceptors (Lipinski definition) is 4.